The van der Waals surface area contributed by atoms with Crippen LogP contribution in [0, 0.1) is 0 Å². The average Bonchev–Trinajstić information content (AvgIpc) is 3.22. The van der Waals surface area contributed by atoms with Gasteiger partial charge in [-0.3, -0.25) is 4.79 Å². The van der Waals surface area contributed by atoms with Gasteiger partial charge in [0.1, 0.15) is 6.04 Å². The molecule has 2 rings (SSSR count). The fourth-order valence-corrected chi connectivity index (χ4v) is 2.36. The second-order valence-corrected chi connectivity index (χ2v) is 5.61. The highest BCUT2D eigenvalue weighted by atomic mass is 35.5. The van der Waals surface area contributed by atoms with E-state index in [1.165, 1.54) is 4.90 Å². The van der Waals surface area contributed by atoms with Crippen molar-refractivity contribution in [2.45, 2.75) is 44.7 Å². The fraction of sp³-hybridized carbons (Fsp3) is 0.467. The molecule has 1 amide bonds. The van der Waals surface area contributed by atoms with Crippen molar-refractivity contribution in [2.24, 2.45) is 0 Å². The number of amides is 1. The number of carbonyl (C=O) groups excluding carboxylic acids is 1. The van der Waals surface area contributed by atoms with Crippen LogP contribution in [0.2, 0.25) is 5.02 Å². The SMILES string of the molecule is CC(C(=O)O)N(C(=O)CCc1ccc(Cl)cc1)C1CC1. The minimum absolute atomic E-state index is 0.0858. The van der Waals surface area contributed by atoms with Gasteiger partial charge in [0.05, 0.1) is 0 Å². The number of nitrogens with zero attached hydrogens (tertiary/aromatic N) is 1. The van der Waals surface area contributed by atoms with Crippen molar-refractivity contribution < 1.29 is 14.7 Å². The van der Waals surface area contributed by atoms with E-state index in [1.807, 2.05) is 12.1 Å². The second-order valence-electron chi connectivity index (χ2n) is 5.17. The molecule has 1 saturated carbocycles. The number of hydrogen-bond donors (Lipinski definition) is 1. The van der Waals surface area contributed by atoms with Gasteiger partial charge in [0.25, 0.3) is 0 Å². The Labute approximate surface area is 123 Å². The summed E-state index contributed by atoms with van der Waals surface area (Å²) in [6.07, 6.45) is 2.75. The molecule has 5 heteroatoms. The summed E-state index contributed by atoms with van der Waals surface area (Å²) in [5.74, 6) is -1.03. The monoisotopic (exact) mass is 295 g/mol. The van der Waals surface area contributed by atoms with Crippen molar-refractivity contribution in [1.29, 1.82) is 0 Å². The summed E-state index contributed by atoms with van der Waals surface area (Å²) in [6, 6.07) is 6.72. The van der Waals surface area contributed by atoms with Crippen molar-refractivity contribution in [1.82, 2.24) is 4.90 Å². The summed E-state index contributed by atoms with van der Waals surface area (Å²) >= 11 is 5.81. The van der Waals surface area contributed by atoms with Crippen molar-refractivity contribution in [3.05, 3.63) is 34.9 Å². The van der Waals surface area contributed by atoms with Crippen molar-refractivity contribution in [2.75, 3.05) is 0 Å². The van der Waals surface area contributed by atoms with Gasteiger partial charge in [-0.15, -0.1) is 0 Å². The first-order valence-corrected chi connectivity index (χ1v) is 7.15. The van der Waals surface area contributed by atoms with Crippen LogP contribution in [0.15, 0.2) is 24.3 Å². The number of aryl methyl sites for hydroxylation is 1. The van der Waals surface area contributed by atoms with Gasteiger partial charge in [0.2, 0.25) is 5.91 Å². The predicted octanol–water partition coefficient (Wildman–Crippen LogP) is 2.74. The third kappa shape index (κ3) is 3.73. The van der Waals surface area contributed by atoms with Gasteiger partial charge in [-0.05, 0) is 43.9 Å². The van der Waals surface area contributed by atoms with E-state index in [9.17, 15) is 9.59 Å². The van der Waals surface area contributed by atoms with E-state index in [2.05, 4.69) is 0 Å². The quantitative estimate of drug-likeness (QED) is 0.878. The molecule has 0 radical (unpaired) electrons. The molecule has 0 heterocycles. The van der Waals surface area contributed by atoms with E-state index in [1.54, 1.807) is 19.1 Å². The van der Waals surface area contributed by atoms with Crippen LogP contribution in [0.3, 0.4) is 0 Å². The van der Waals surface area contributed by atoms with Gasteiger partial charge in [-0.1, -0.05) is 23.7 Å². The van der Waals surface area contributed by atoms with E-state index >= 15 is 0 Å². The molecule has 0 saturated heterocycles. The van der Waals surface area contributed by atoms with Crippen LogP contribution in [-0.2, 0) is 16.0 Å². The number of halogens is 1. The fourth-order valence-electron chi connectivity index (χ4n) is 2.24. The molecule has 0 aromatic heterocycles. The summed E-state index contributed by atoms with van der Waals surface area (Å²) in [5.41, 5.74) is 1.03. The molecule has 4 nitrogen and oxygen atoms in total. The number of carboxylic acid groups (broad SMARTS) is 1. The predicted molar refractivity (Wildman–Crippen MR) is 76.7 cm³/mol. The number of hydrogen-bond acceptors (Lipinski definition) is 2. The van der Waals surface area contributed by atoms with Gasteiger partial charge in [0, 0.05) is 17.5 Å². The average molecular weight is 296 g/mol. The molecule has 0 aliphatic heterocycles. The first-order valence-electron chi connectivity index (χ1n) is 6.77. The van der Waals surface area contributed by atoms with Crippen LogP contribution in [0.5, 0.6) is 0 Å². The highest BCUT2D eigenvalue weighted by Crippen LogP contribution is 2.29. The van der Waals surface area contributed by atoms with E-state index in [-0.39, 0.29) is 11.9 Å². The molecule has 1 unspecified atom stereocenters. The zero-order valence-electron chi connectivity index (χ0n) is 11.4. The Hall–Kier alpha value is -1.55. The highest BCUT2D eigenvalue weighted by Gasteiger charge is 2.37. The lowest BCUT2D eigenvalue weighted by Crippen LogP contribution is -2.44. The van der Waals surface area contributed by atoms with E-state index in [0.717, 1.165) is 18.4 Å². The van der Waals surface area contributed by atoms with Crippen LogP contribution < -0.4 is 0 Å². The second kappa shape index (κ2) is 6.27. The lowest BCUT2D eigenvalue weighted by molar-refractivity contribution is -0.150. The number of benzene rings is 1. The van der Waals surface area contributed by atoms with Crippen LogP contribution >= 0.6 is 11.6 Å². The summed E-state index contributed by atoms with van der Waals surface area (Å²) in [4.78, 5) is 24.9. The number of carbonyl (C=O) groups is 2. The Morgan fingerprint density at radius 1 is 1.35 bits per heavy atom. The zero-order valence-corrected chi connectivity index (χ0v) is 12.1. The van der Waals surface area contributed by atoms with E-state index < -0.39 is 12.0 Å². The first-order chi connectivity index (χ1) is 9.49. The van der Waals surface area contributed by atoms with Crippen molar-refractivity contribution in [3.8, 4) is 0 Å². The maximum Gasteiger partial charge on any atom is 0.326 e. The van der Waals surface area contributed by atoms with Crippen LogP contribution in [0.1, 0.15) is 31.7 Å². The largest absolute Gasteiger partial charge is 0.480 e. The van der Waals surface area contributed by atoms with Gasteiger partial charge in [-0.2, -0.15) is 0 Å². The standard InChI is InChI=1S/C15H18ClNO3/c1-10(15(19)20)17(13-7-8-13)14(18)9-4-11-2-5-12(16)6-3-11/h2-3,5-6,10,13H,4,7-9H2,1H3,(H,19,20). The normalized spacial score (nSPS) is 15.7. The Balaban J connectivity index is 1.95. The Bertz CT molecular complexity index is 496. The molecule has 1 aromatic carbocycles. The van der Waals surface area contributed by atoms with E-state index in [0.29, 0.717) is 17.9 Å². The molecule has 1 aliphatic rings. The summed E-state index contributed by atoms with van der Waals surface area (Å²) in [7, 11) is 0. The Morgan fingerprint density at radius 3 is 2.45 bits per heavy atom. The molecule has 1 fully saturated rings. The van der Waals surface area contributed by atoms with Gasteiger partial charge in [0.15, 0.2) is 0 Å². The highest BCUT2D eigenvalue weighted by molar-refractivity contribution is 6.30. The number of rotatable bonds is 6. The number of aliphatic carboxylic acids is 1. The summed E-state index contributed by atoms with van der Waals surface area (Å²) in [5, 5.41) is 9.75. The molecule has 1 aromatic rings. The molecule has 0 spiro atoms. The zero-order chi connectivity index (χ0) is 14.7. The molecular weight excluding hydrogens is 278 g/mol. The van der Waals surface area contributed by atoms with Crippen LogP contribution in [0.4, 0.5) is 0 Å². The third-order valence-electron chi connectivity index (χ3n) is 3.54. The minimum atomic E-state index is -0.947. The lowest BCUT2D eigenvalue weighted by Gasteiger charge is -2.26. The minimum Gasteiger partial charge on any atom is -0.480 e. The molecule has 0 bridgehead atoms. The van der Waals surface area contributed by atoms with Crippen LogP contribution in [0.25, 0.3) is 0 Å². The maximum atomic E-state index is 12.2. The molecule has 1 aliphatic carbocycles. The van der Waals surface area contributed by atoms with Gasteiger partial charge >= 0.3 is 5.97 Å². The molecular formula is C15H18ClNO3. The van der Waals surface area contributed by atoms with Crippen LogP contribution in [-0.4, -0.2) is 34.0 Å². The molecule has 1 atom stereocenters. The number of carboxylic acids is 1. The topological polar surface area (TPSA) is 57.6 Å². The summed E-state index contributed by atoms with van der Waals surface area (Å²) < 4.78 is 0. The smallest absolute Gasteiger partial charge is 0.326 e. The van der Waals surface area contributed by atoms with Crippen molar-refractivity contribution >= 4 is 23.5 Å². The van der Waals surface area contributed by atoms with E-state index in [4.69, 9.17) is 16.7 Å². The third-order valence-corrected chi connectivity index (χ3v) is 3.80. The Kier molecular flexibility index (Phi) is 4.65. The molecule has 20 heavy (non-hydrogen) atoms. The van der Waals surface area contributed by atoms with Gasteiger partial charge < -0.3 is 10.0 Å². The van der Waals surface area contributed by atoms with Crippen molar-refractivity contribution in [3.63, 3.8) is 0 Å². The van der Waals surface area contributed by atoms with Gasteiger partial charge in [-0.25, -0.2) is 4.79 Å². The molecule has 1 N–H and O–H groups in total. The molecule has 108 valence electrons. The lowest BCUT2D eigenvalue weighted by atomic mass is 10.1. The Morgan fingerprint density at radius 2 is 1.95 bits per heavy atom. The summed E-state index contributed by atoms with van der Waals surface area (Å²) in [6.45, 7) is 1.57. The first kappa shape index (κ1) is 14.9. The maximum absolute atomic E-state index is 12.2.